The van der Waals surface area contributed by atoms with E-state index in [1.165, 1.54) is 11.2 Å². The molecule has 2 aromatic heterocycles. The Morgan fingerprint density at radius 2 is 1.70 bits per heavy atom. The number of likely N-dealkylation sites (N-methyl/N-ethyl adjacent to an activating group) is 1. The second kappa shape index (κ2) is 8.82. The quantitative estimate of drug-likeness (QED) is 0.587. The van der Waals surface area contributed by atoms with Crippen molar-refractivity contribution in [2.75, 3.05) is 28.4 Å². The number of ether oxygens (including phenoxy) is 3. The number of benzene rings is 1. The highest BCUT2D eigenvalue weighted by Crippen LogP contribution is 2.51. The Morgan fingerprint density at radius 3 is 2.27 bits per heavy atom. The van der Waals surface area contributed by atoms with Gasteiger partial charge in [-0.1, -0.05) is 6.92 Å². The highest BCUT2D eigenvalue weighted by Gasteiger charge is 2.49. The second-order valence-electron chi connectivity index (χ2n) is 8.16. The van der Waals surface area contributed by atoms with Gasteiger partial charge in [0, 0.05) is 41.7 Å². The van der Waals surface area contributed by atoms with E-state index in [0.717, 1.165) is 21.6 Å². The molecular formula is C24H26N4O4S. The molecule has 0 aliphatic carbocycles. The molecule has 0 bridgehead atoms. The van der Waals surface area contributed by atoms with Crippen LogP contribution in [-0.4, -0.2) is 55.0 Å². The van der Waals surface area contributed by atoms with Gasteiger partial charge in [-0.25, -0.2) is 9.97 Å². The van der Waals surface area contributed by atoms with E-state index in [2.05, 4.69) is 16.0 Å². The fourth-order valence-corrected chi connectivity index (χ4v) is 5.52. The van der Waals surface area contributed by atoms with Gasteiger partial charge in [0.25, 0.3) is 0 Å². The summed E-state index contributed by atoms with van der Waals surface area (Å²) in [5, 5.41) is 10.5. The fraction of sp³-hybridized carbons (Fsp3) is 0.333. The van der Waals surface area contributed by atoms with Gasteiger partial charge < -0.3 is 19.1 Å². The molecule has 33 heavy (non-hydrogen) atoms. The second-order valence-corrected chi connectivity index (χ2v) is 9.07. The summed E-state index contributed by atoms with van der Waals surface area (Å²) in [6.07, 6.45) is 5.43. The summed E-state index contributed by atoms with van der Waals surface area (Å²) >= 11 is 1.57. The molecular weight excluding hydrogens is 440 g/mol. The zero-order valence-electron chi connectivity index (χ0n) is 19.2. The van der Waals surface area contributed by atoms with E-state index in [1.54, 1.807) is 52.1 Å². The van der Waals surface area contributed by atoms with Crippen LogP contribution in [0, 0.1) is 5.41 Å². The maximum absolute atomic E-state index is 13.6. The third kappa shape index (κ3) is 3.82. The molecule has 4 rings (SSSR count). The summed E-state index contributed by atoms with van der Waals surface area (Å²) < 4.78 is 16.6. The first kappa shape index (κ1) is 22.7. The minimum Gasteiger partial charge on any atom is -0.493 e. The van der Waals surface area contributed by atoms with Gasteiger partial charge in [0.2, 0.25) is 11.7 Å². The first-order valence-electron chi connectivity index (χ1n) is 10.3. The zero-order valence-corrected chi connectivity index (χ0v) is 20.0. The van der Waals surface area contributed by atoms with Gasteiger partial charge in [0.1, 0.15) is 12.2 Å². The van der Waals surface area contributed by atoms with E-state index in [0.29, 0.717) is 23.7 Å². The van der Waals surface area contributed by atoms with Crippen LogP contribution < -0.4 is 14.2 Å². The summed E-state index contributed by atoms with van der Waals surface area (Å²) in [7, 11) is 6.30. The number of rotatable bonds is 6. The van der Waals surface area contributed by atoms with Crippen molar-refractivity contribution in [2.24, 2.45) is 0 Å². The molecule has 1 N–H and O–H groups in total. The summed E-state index contributed by atoms with van der Waals surface area (Å²) in [6.45, 7) is 2.04. The smallest absolute Gasteiger partial charge is 0.236 e. The van der Waals surface area contributed by atoms with Gasteiger partial charge in [-0.05, 0) is 34.7 Å². The SMILES string of the molecule is COc1cc([C@@H]2C(=O)N(C)C(=N)C[C@]2(C)c2cc(-c3cncnc3)cs2)cc(OC)c1OC. The fourth-order valence-electron chi connectivity index (χ4n) is 4.41. The molecule has 1 aromatic carbocycles. The van der Waals surface area contributed by atoms with Gasteiger partial charge in [-0.2, -0.15) is 0 Å². The molecule has 3 heterocycles. The number of likely N-dealkylation sites (tertiary alicyclic amines) is 1. The van der Waals surface area contributed by atoms with Gasteiger partial charge in [0.15, 0.2) is 11.5 Å². The van der Waals surface area contributed by atoms with Gasteiger partial charge in [0.05, 0.1) is 27.2 Å². The molecule has 0 radical (unpaired) electrons. The molecule has 2 atom stereocenters. The number of nitrogens with one attached hydrogen (secondary N) is 1. The summed E-state index contributed by atoms with van der Waals surface area (Å²) in [5.74, 6) is 1.02. The molecule has 172 valence electrons. The number of nitrogens with zero attached hydrogens (tertiary/aromatic N) is 3. The van der Waals surface area contributed by atoms with Crippen LogP contribution in [0.2, 0.25) is 0 Å². The van der Waals surface area contributed by atoms with Crippen molar-refractivity contribution in [1.29, 1.82) is 5.41 Å². The maximum atomic E-state index is 13.6. The maximum Gasteiger partial charge on any atom is 0.236 e. The normalized spacial score (nSPS) is 20.6. The molecule has 8 nitrogen and oxygen atoms in total. The van der Waals surface area contributed by atoms with E-state index in [-0.39, 0.29) is 11.7 Å². The molecule has 9 heteroatoms. The number of methoxy groups -OCH3 is 3. The summed E-state index contributed by atoms with van der Waals surface area (Å²) in [4.78, 5) is 24.3. The number of thiophene rings is 1. The molecule has 0 spiro atoms. The Morgan fingerprint density at radius 1 is 1.06 bits per heavy atom. The first-order chi connectivity index (χ1) is 15.8. The van der Waals surface area contributed by atoms with Crippen LogP contribution in [0.15, 0.2) is 42.3 Å². The van der Waals surface area contributed by atoms with Crippen molar-refractivity contribution in [1.82, 2.24) is 14.9 Å². The van der Waals surface area contributed by atoms with E-state index < -0.39 is 11.3 Å². The molecule has 3 aromatic rings. The number of amidine groups is 1. The molecule has 1 fully saturated rings. The summed E-state index contributed by atoms with van der Waals surface area (Å²) in [5.41, 5.74) is 1.99. The molecule has 1 saturated heterocycles. The Bertz CT molecular complexity index is 1170. The topological polar surface area (TPSA) is 97.6 Å². The van der Waals surface area contributed by atoms with Crippen LogP contribution in [0.1, 0.15) is 29.7 Å². The van der Waals surface area contributed by atoms with E-state index in [9.17, 15) is 4.79 Å². The Balaban J connectivity index is 1.87. The lowest BCUT2D eigenvalue weighted by atomic mass is 9.67. The standard InChI is InChI=1S/C24H26N4O4S/c1-24(19-8-15(12-33-19)16-10-26-13-27-11-16)9-20(25)28(2)23(29)21(24)14-6-17(30-3)22(32-5)18(7-14)31-4/h6-8,10-13,21,25H,9H2,1-5H3/t21-,24-/m1/s1. The van der Waals surface area contributed by atoms with Crippen LogP contribution in [0.5, 0.6) is 17.2 Å². The number of aromatic nitrogens is 2. The van der Waals surface area contributed by atoms with E-state index in [1.807, 2.05) is 24.4 Å². The number of hydrogen-bond acceptors (Lipinski definition) is 8. The van der Waals surface area contributed by atoms with Crippen molar-refractivity contribution in [3.05, 3.63) is 52.7 Å². The van der Waals surface area contributed by atoms with E-state index >= 15 is 0 Å². The Kier molecular flexibility index (Phi) is 6.07. The number of carbonyl (C=O) groups is 1. The predicted octanol–water partition coefficient (Wildman–Crippen LogP) is 4.11. The van der Waals surface area contributed by atoms with Crippen molar-refractivity contribution >= 4 is 23.1 Å². The lowest BCUT2D eigenvalue weighted by Gasteiger charge is -2.44. The van der Waals surface area contributed by atoms with Crippen molar-refractivity contribution in [3.63, 3.8) is 0 Å². The highest BCUT2D eigenvalue weighted by atomic mass is 32.1. The molecule has 0 saturated carbocycles. The third-order valence-corrected chi connectivity index (χ3v) is 7.44. The predicted molar refractivity (Wildman–Crippen MR) is 127 cm³/mol. The highest BCUT2D eigenvalue weighted by molar-refractivity contribution is 7.10. The van der Waals surface area contributed by atoms with Gasteiger partial charge in [-0.3, -0.25) is 10.2 Å². The number of amides is 1. The van der Waals surface area contributed by atoms with Crippen LogP contribution in [-0.2, 0) is 10.2 Å². The lowest BCUT2D eigenvalue weighted by molar-refractivity contribution is -0.131. The minimum absolute atomic E-state index is 0.152. The summed E-state index contributed by atoms with van der Waals surface area (Å²) in [6, 6.07) is 5.72. The van der Waals surface area contributed by atoms with Crippen LogP contribution in [0.25, 0.3) is 11.1 Å². The Labute approximate surface area is 196 Å². The first-order valence-corrected chi connectivity index (χ1v) is 11.2. The zero-order chi connectivity index (χ0) is 23.8. The van der Waals surface area contributed by atoms with Gasteiger partial charge >= 0.3 is 0 Å². The van der Waals surface area contributed by atoms with Gasteiger partial charge in [-0.15, -0.1) is 11.3 Å². The van der Waals surface area contributed by atoms with Crippen LogP contribution in [0.4, 0.5) is 0 Å². The molecule has 0 unspecified atom stereocenters. The Hall–Kier alpha value is -3.46. The third-order valence-electron chi connectivity index (χ3n) is 6.23. The van der Waals surface area contributed by atoms with Crippen molar-refractivity contribution < 1.29 is 19.0 Å². The average molecular weight is 467 g/mol. The van der Waals surface area contributed by atoms with E-state index in [4.69, 9.17) is 19.6 Å². The monoisotopic (exact) mass is 466 g/mol. The average Bonchev–Trinajstić information content (AvgIpc) is 3.34. The van der Waals surface area contributed by atoms with Crippen LogP contribution in [0.3, 0.4) is 0 Å². The number of piperidine rings is 1. The number of carbonyl (C=O) groups excluding carboxylic acids is 1. The largest absolute Gasteiger partial charge is 0.493 e. The minimum atomic E-state index is -0.649. The molecule has 1 aliphatic heterocycles. The van der Waals surface area contributed by atoms with Crippen molar-refractivity contribution in [2.45, 2.75) is 24.7 Å². The van der Waals surface area contributed by atoms with Crippen LogP contribution >= 0.6 is 11.3 Å². The lowest BCUT2D eigenvalue weighted by Crippen LogP contribution is -2.51. The molecule has 1 aliphatic rings. The van der Waals surface area contributed by atoms with Crippen molar-refractivity contribution in [3.8, 4) is 28.4 Å². The molecule has 1 amide bonds. The number of hydrogen-bond donors (Lipinski definition) is 1.